The fourth-order valence-corrected chi connectivity index (χ4v) is 12.9. The molecule has 4 saturated heterocycles. The van der Waals surface area contributed by atoms with Crippen LogP contribution in [0.2, 0.25) is 10.0 Å². The van der Waals surface area contributed by atoms with Crippen LogP contribution in [0.25, 0.3) is 11.0 Å². The first kappa shape index (κ1) is 43.3. The van der Waals surface area contributed by atoms with Crippen molar-refractivity contribution in [2.24, 2.45) is 7.05 Å². The number of hydrogen-bond acceptors (Lipinski definition) is 8. The van der Waals surface area contributed by atoms with Gasteiger partial charge in [0, 0.05) is 67.9 Å². The molecular weight excluding hydrogens is 858 g/mol. The number of hydrogen-bond donors (Lipinski definition) is 4. The lowest BCUT2D eigenvalue weighted by molar-refractivity contribution is -0.136. The molecule has 1 aliphatic carbocycles. The van der Waals surface area contributed by atoms with E-state index in [9.17, 15) is 24.0 Å². The Balaban J connectivity index is 0.790. The topological polar surface area (TPSA) is 150 Å². The van der Waals surface area contributed by atoms with Crippen LogP contribution in [0.1, 0.15) is 105 Å². The summed E-state index contributed by atoms with van der Waals surface area (Å²) in [5.41, 5.74) is 1.98. The summed E-state index contributed by atoms with van der Waals surface area (Å²) in [6.45, 7) is 5.35. The lowest BCUT2D eigenvalue weighted by Crippen LogP contribution is -2.60. The van der Waals surface area contributed by atoms with Crippen molar-refractivity contribution in [3.05, 3.63) is 97.6 Å². The third kappa shape index (κ3) is 7.10. The number of likely N-dealkylation sites (tertiary alicyclic amines) is 2. The van der Waals surface area contributed by atoms with Crippen molar-refractivity contribution in [1.82, 2.24) is 34.9 Å². The first-order chi connectivity index (χ1) is 30.9. The molecule has 4 aromatic rings. The van der Waals surface area contributed by atoms with Gasteiger partial charge in [-0.3, -0.25) is 38.9 Å². The highest BCUT2D eigenvalue weighted by molar-refractivity contribution is 6.31. The van der Waals surface area contributed by atoms with Gasteiger partial charge in [0.15, 0.2) is 0 Å². The largest absolute Gasteiger partial charge is 0.352 e. The number of nitrogens with zero attached hydrogens (tertiary/aromatic N) is 4. The number of carbonyl (C=O) groups is 4. The summed E-state index contributed by atoms with van der Waals surface area (Å²) in [6, 6.07) is 14.5. The van der Waals surface area contributed by atoms with E-state index in [1.807, 2.05) is 18.2 Å². The Labute approximate surface area is 381 Å². The fourth-order valence-electron chi connectivity index (χ4n) is 12.6. The number of fused-ring (bicyclic) bond motifs is 4. The monoisotopic (exact) mass is 912 g/mol. The van der Waals surface area contributed by atoms with Crippen molar-refractivity contribution in [2.75, 3.05) is 44.6 Å². The Morgan fingerprint density at radius 2 is 1.53 bits per heavy atom. The van der Waals surface area contributed by atoms with Gasteiger partial charge in [0.2, 0.25) is 23.6 Å². The maximum atomic E-state index is 16.3. The fraction of sp³-hybridized carbons (Fsp3) is 0.521. The molecule has 4 atom stereocenters. The van der Waals surface area contributed by atoms with Gasteiger partial charge in [-0.2, -0.15) is 0 Å². The number of imide groups is 1. The van der Waals surface area contributed by atoms with Crippen LogP contribution < -0.4 is 27.0 Å². The molecule has 5 aliphatic heterocycles. The number of para-hydroxylation sites is 1. The molecule has 1 saturated carbocycles. The molecule has 13 nitrogen and oxygen atoms in total. The normalized spacial score (nSPS) is 26.8. The van der Waals surface area contributed by atoms with E-state index in [0.717, 1.165) is 106 Å². The van der Waals surface area contributed by atoms with Crippen molar-refractivity contribution in [3.8, 4) is 0 Å². The van der Waals surface area contributed by atoms with E-state index in [0.29, 0.717) is 30.0 Å². The van der Waals surface area contributed by atoms with Crippen LogP contribution in [-0.4, -0.2) is 99.5 Å². The highest BCUT2D eigenvalue weighted by Crippen LogP contribution is 2.63. The van der Waals surface area contributed by atoms with Crippen LogP contribution in [0.5, 0.6) is 0 Å². The van der Waals surface area contributed by atoms with E-state index < -0.39 is 40.7 Å². The number of aryl methyl sites for hydroxylation is 1. The molecule has 16 heteroatoms. The summed E-state index contributed by atoms with van der Waals surface area (Å²) >= 11 is 12.9. The number of aromatic nitrogens is 2. The predicted octanol–water partition coefficient (Wildman–Crippen LogP) is 5.87. The Bertz CT molecular complexity index is 2590. The Morgan fingerprint density at radius 3 is 2.25 bits per heavy atom. The number of halogens is 3. The molecule has 4 N–H and O–H groups in total. The minimum Gasteiger partial charge on any atom is -0.352 e. The lowest BCUT2D eigenvalue weighted by atomic mass is 9.55. The van der Waals surface area contributed by atoms with Gasteiger partial charge in [-0.1, -0.05) is 72.8 Å². The molecule has 4 amide bonds. The van der Waals surface area contributed by atoms with Gasteiger partial charge in [0.05, 0.1) is 22.1 Å². The van der Waals surface area contributed by atoms with Gasteiger partial charge in [-0.05, 0) is 105 Å². The quantitative estimate of drug-likeness (QED) is 0.161. The number of benzene rings is 3. The average molecular weight is 914 g/mol. The molecule has 0 radical (unpaired) electrons. The maximum absolute atomic E-state index is 16.3. The van der Waals surface area contributed by atoms with Gasteiger partial charge in [-0.25, -0.2) is 9.18 Å². The second-order valence-corrected chi connectivity index (χ2v) is 19.8. The number of carbonyl (C=O) groups excluding carboxylic acids is 4. The maximum Gasteiger partial charge on any atom is 0.329 e. The van der Waals surface area contributed by atoms with Crippen molar-refractivity contribution in [1.29, 1.82) is 0 Å². The van der Waals surface area contributed by atoms with Crippen molar-refractivity contribution in [3.63, 3.8) is 0 Å². The molecule has 338 valence electrons. The van der Waals surface area contributed by atoms with Gasteiger partial charge >= 0.3 is 5.69 Å². The number of piperidine rings is 3. The van der Waals surface area contributed by atoms with Gasteiger partial charge < -0.3 is 20.4 Å². The molecule has 3 aromatic carbocycles. The summed E-state index contributed by atoms with van der Waals surface area (Å²) in [7, 11) is 1.76. The van der Waals surface area contributed by atoms with E-state index in [4.69, 9.17) is 23.2 Å². The molecule has 2 spiro atoms. The Kier molecular flexibility index (Phi) is 11.5. The molecule has 1 unspecified atom stereocenters. The van der Waals surface area contributed by atoms with Crippen LogP contribution in [0, 0.1) is 5.82 Å². The molecule has 5 fully saturated rings. The average Bonchev–Trinajstić information content (AvgIpc) is 3.85. The van der Waals surface area contributed by atoms with E-state index >= 15 is 4.39 Å². The molecular formula is C48H55Cl2FN8O5. The van der Waals surface area contributed by atoms with Gasteiger partial charge in [0.1, 0.15) is 17.3 Å². The standard InChI is InChI=1S/C48H55Cl2FN8O5/c1-56-42-31(7-6-10-36(42)59(46(56)64)37-13-14-38(60)54-43(37)61)28-15-21-57(22-16-28)25-26-58-23-17-30(18-24-58)52-44(62)41-39(32-8-5-9-34(50)40(32)51)48(47(55-41)19-3-2-4-20-47)33-12-11-29(49)27-35(33)53-45(48)63/h5-12,27-28,30,37,39,41,55H,2-4,13-26H2,1H3,(H,52,62)(H,53,63)(H,54,60,61)/t37?,39-,41+,48+/m0/s1. The van der Waals surface area contributed by atoms with Crippen molar-refractivity contribution in [2.45, 2.75) is 112 Å². The van der Waals surface area contributed by atoms with Crippen LogP contribution in [0.3, 0.4) is 0 Å². The number of amides is 4. The summed E-state index contributed by atoms with van der Waals surface area (Å²) < 4.78 is 19.5. The Morgan fingerprint density at radius 1 is 0.844 bits per heavy atom. The smallest absolute Gasteiger partial charge is 0.329 e. The SMILES string of the molecule is Cn1c(=O)n(C2CCC(=O)NC2=O)c2cccc(C3CCN(CCN4CCC(NC(=O)[C@@H]5NC6(CCCCC6)[C@@]6(C(=O)Nc7cc(Cl)ccc76)[C@H]5c5cccc(Cl)c5F)CC4)CC3)c21. The zero-order chi connectivity index (χ0) is 44.5. The van der Waals surface area contributed by atoms with Crippen molar-refractivity contribution >= 4 is 63.6 Å². The first-order valence-electron chi connectivity index (χ1n) is 23.0. The van der Waals surface area contributed by atoms with E-state index in [1.165, 1.54) is 6.07 Å². The molecule has 64 heavy (non-hydrogen) atoms. The van der Waals surface area contributed by atoms with Crippen LogP contribution in [-0.2, 0) is 31.6 Å². The number of anilines is 1. The third-order valence-corrected chi connectivity index (χ3v) is 16.2. The highest BCUT2D eigenvalue weighted by atomic mass is 35.5. The van der Waals surface area contributed by atoms with Crippen LogP contribution >= 0.6 is 23.2 Å². The summed E-state index contributed by atoms with van der Waals surface area (Å²) in [5, 5.41) is 13.0. The Hall–Kier alpha value is -4.60. The van der Waals surface area contributed by atoms with E-state index in [2.05, 4.69) is 37.1 Å². The van der Waals surface area contributed by atoms with Crippen LogP contribution in [0.15, 0.2) is 59.4 Å². The number of rotatable bonds is 8. The zero-order valence-corrected chi connectivity index (χ0v) is 37.6. The second-order valence-electron chi connectivity index (χ2n) is 19.0. The molecule has 6 aliphatic rings. The number of nitrogens with one attached hydrogen (secondary N) is 4. The highest BCUT2D eigenvalue weighted by Gasteiger charge is 2.72. The summed E-state index contributed by atoms with van der Waals surface area (Å²) in [5.74, 6) is -2.42. The van der Waals surface area contributed by atoms with E-state index in [-0.39, 0.29) is 52.4 Å². The zero-order valence-electron chi connectivity index (χ0n) is 36.1. The van der Waals surface area contributed by atoms with Crippen molar-refractivity contribution < 1.29 is 23.6 Å². The minimum atomic E-state index is -1.27. The van der Waals surface area contributed by atoms with E-state index in [1.54, 1.807) is 40.4 Å². The summed E-state index contributed by atoms with van der Waals surface area (Å²) in [4.78, 5) is 72.5. The van der Waals surface area contributed by atoms with Gasteiger partial charge in [0.25, 0.3) is 0 Å². The molecule has 0 bridgehead atoms. The number of imidazole rings is 1. The minimum absolute atomic E-state index is 0.0483. The second kappa shape index (κ2) is 17.0. The molecule has 10 rings (SSSR count). The molecule has 6 heterocycles. The van der Waals surface area contributed by atoms with Gasteiger partial charge in [-0.15, -0.1) is 0 Å². The third-order valence-electron chi connectivity index (χ3n) is 15.7. The predicted molar refractivity (Wildman–Crippen MR) is 243 cm³/mol. The molecule has 1 aromatic heterocycles. The summed E-state index contributed by atoms with van der Waals surface area (Å²) in [6.07, 6.45) is 8.06. The first-order valence-corrected chi connectivity index (χ1v) is 23.8. The van der Waals surface area contributed by atoms with Crippen LogP contribution in [0.4, 0.5) is 10.1 Å². The lowest BCUT2D eigenvalue weighted by Gasteiger charge is -2.47.